The van der Waals surface area contributed by atoms with Gasteiger partial charge in [0.2, 0.25) is 0 Å². The van der Waals surface area contributed by atoms with E-state index in [-0.39, 0.29) is 30.7 Å². The molecule has 0 aromatic heterocycles. The van der Waals surface area contributed by atoms with Gasteiger partial charge < -0.3 is 24.4 Å². The number of rotatable bonds is 5. The molecule has 2 heterocycles. The normalized spacial score (nSPS) is 27.0. The molecule has 1 saturated heterocycles. The van der Waals surface area contributed by atoms with Crippen LogP contribution < -0.4 is 5.32 Å². The van der Waals surface area contributed by atoms with Crippen LogP contribution in [0, 0.1) is 11.6 Å². The Morgan fingerprint density at radius 1 is 1.26 bits per heavy atom. The van der Waals surface area contributed by atoms with Gasteiger partial charge in [-0.3, -0.25) is 4.79 Å². The molecule has 2 aliphatic rings. The van der Waals surface area contributed by atoms with E-state index in [1.807, 2.05) is 0 Å². The standard InChI is InChI=1S/C17H18F2N2O6/c1-24-15(22)14-6-12(8-26-14)20-16(23)17(25-2)7-13(21-27-17)9-3-10(18)5-11(19)4-9/h3-5,12,14H,6-8H2,1-2H3,(H,20,23). The van der Waals surface area contributed by atoms with Crippen LogP contribution in [0.25, 0.3) is 0 Å². The molecule has 3 unspecified atom stereocenters. The van der Waals surface area contributed by atoms with Crippen molar-refractivity contribution in [1.82, 2.24) is 5.32 Å². The Labute approximate surface area is 153 Å². The Balaban J connectivity index is 1.67. The maximum Gasteiger partial charge on any atom is 0.335 e. The van der Waals surface area contributed by atoms with Crippen LogP contribution in [-0.2, 0) is 28.6 Å². The number of nitrogens with one attached hydrogen (secondary N) is 1. The van der Waals surface area contributed by atoms with Crippen LogP contribution in [0.3, 0.4) is 0 Å². The molecule has 3 atom stereocenters. The molecule has 0 saturated carbocycles. The number of oxime groups is 1. The van der Waals surface area contributed by atoms with Gasteiger partial charge in [-0.05, 0) is 12.1 Å². The van der Waals surface area contributed by atoms with Gasteiger partial charge >= 0.3 is 11.8 Å². The van der Waals surface area contributed by atoms with E-state index in [0.29, 0.717) is 0 Å². The monoisotopic (exact) mass is 384 g/mol. The molecule has 1 aromatic carbocycles. The lowest BCUT2D eigenvalue weighted by Crippen LogP contribution is -2.52. The number of carbonyl (C=O) groups excluding carboxylic acids is 2. The zero-order valence-corrected chi connectivity index (χ0v) is 14.7. The third-order valence-electron chi connectivity index (χ3n) is 4.37. The van der Waals surface area contributed by atoms with Crippen molar-refractivity contribution in [3.8, 4) is 0 Å². The second-order valence-electron chi connectivity index (χ2n) is 6.17. The van der Waals surface area contributed by atoms with Crippen LogP contribution in [0.1, 0.15) is 18.4 Å². The van der Waals surface area contributed by atoms with Gasteiger partial charge in [-0.25, -0.2) is 13.6 Å². The maximum atomic E-state index is 13.4. The predicted octanol–water partition coefficient (Wildman–Crippen LogP) is 0.879. The summed E-state index contributed by atoms with van der Waals surface area (Å²) in [4.78, 5) is 29.3. The molecule has 10 heteroatoms. The van der Waals surface area contributed by atoms with Gasteiger partial charge in [0.05, 0.1) is 31.9 Å². The van der Waals surface area contributed by atoms with Crippen LogP contribution in [0.15, 0.2) is 23.4 Å². The number of nitrogens with zero attached hydrogens (tertiary/aromatic N) is 1. The highest BCUT2D eigenvalue weighted by Crippen LogP contribution is 2.29. The SMILES string of the molecule is COC(=O)C1CC(NC(=O)C2(OC)CC(c3cc(F)cc(F)c3)=NO2)CO1. The summed E-state index contributed by atoms with van der Waals surface area (Å²) in [5, 5.41) is 6.43. The molecule has 3 rings (SSSR count). The first-order valence-electron chi connectivity index (χ1n) is 8.14. The lowest BCUT2D eigenvalue weighted by molar-refractivity contribution is -0.209. The van der Waals surface area contributed by atoms with Gasteiger partial charge in [0, 0.05) is 25.2 Å². The van der Waals surface area contributed by atoms with Crippen molar-refractivity contribution in [2.24, 2.45) is 5.16 Å². The van der Waals surface area contributed by atoms with E-state index >= 15 is 0 Å². The molecular weight excluding hydrogens is 366 g/mol. The van der Waals surface area contributed by atoms with Crippen molar-refractivity contribution < 1.29 is 37.4 Å². The first-order valence-corrected chi connectivity index (χ1v) is 8.14. The van der Waals surface area contributed by atoms with Crippen molar-refractivity contribution in [3.63, 3.8) is 0 Å². The highest BCUT2D eigenvalue weighted by atomic mass is 19.1. The third kappa shape index (κ3) is 3.91. The summed E-state index contributed by atoms with van der Waals surface area (Å²) in [5.74, 6) is -4.49. The van der Waals surface area contributed by atoms with Crippen LogP contribution in [0.5, 0.6) is 0 Å². The van der Waals surface area contributed by atoms with Crippen molar-refractivity contribution in [2.75, 3.05) is 20.8 Å². The molecule has 27 heavy (non-hydrogen) atoms. The largest absolute Gasteiger partial charge is 0.467 e. The number of amides is 1. The van der Waals surface area contributed by atoms with Crippen molar-refractivity contribution in [2.45, 2.75) is 30.8 Å². The molecular formula is C17H18F2N2O6. The van der Waals surface area contributed by atoms with Gasteiger partial charge in [0.1, 0.15) is 11.6 Å². The first kappa shape index (κ1) is 19.2. The Kier molecular flexibility index (Phi) is 5.38. The number of methoxy groups -OCH3 is 2. The fraction of sp³-hybridized carbons (Fsp3) is 0.471. The third-order valence-corrected chi connectivity index (χ3v) is 4.37. The van der Waals surface area contributed by atoms with Crippen molar-refractivity contribution in [1.29, 1.82) is 0 Å². The average molecular weight is 384 g/mol. The predicted molar refractivity (Wildman–Crippen MR) is 86.6 cm³/mol. The number of hydrogen-bond donors (Lipinski definition) is 1. The zero-order valence-electron chi connectivity index (χ0n) is 14.7. The summed E-state index contributed by atoms with van der Waals surface area (Å²) >= 11 is 0. The van der Waals surface area contributed by atoms with Gasteiger partial charge in [-0.1, -0.05) is 5.16 Å². The summed E-state index contributed by atoms with van der Waals surface area (Å²) in [6.07, 6.45) is -0.668. The Morgan fingerprint density at radius 3 is 2.59 bits per heavy atom. The Morgan fingerprint density at radius 2 is 1.96 bits per heavy atom. The van der Waals surface area contributed by atoms with Crippen molar-refractivity contribution >= 4 is 17.6 Å². The summed E-state index contributed by atoms with van der Waals surface area (Å²) in [5.41, 5.74) is 0.315. The molecule has 1 fully saturated rings. The number of benzene rings is 1. The fourth-order valence-corrected chi connectivity index (χ4v) is 2.93. The highest BCUT2D eigenvalue weighted by Gasteiger charge is 2.49. The first-order chi connectivity index (χ1) is 12.9. The lowest BCUT2D eigenvalue weighted by atomic mass is 10.0. The second kappa shape index (κ2) is 7.57. The number of esters is 1. The Hall–Kier alpha value is -2.59. The average Bonchev–Trinajstić information content (AvgIpc) is 3.28. The van der Waals surface area contributed by atoms with Crippen LogP contribution in [0.4, 0.5) is 8.78 Å². The molecule has 1 aromatic rings. The quantitative estimate of drug-likeness (QED) is 0.758. The molecule has 2 aliphatic heterocycles. The molecule has 0 aliphatic carbocycles. The number of ether oxygens (including phenoxy) is 3. The molecule has 0 bridgehead atoms. The van der Waals surface area contributed by atoms with E-state index in [2.05, 4.69) is 15.2 Å². The number of carbonyl (C=O) groups is 2. The fourth-order valence-electron chi connectivity index (χ4n) is 2.93. The maximum absolute atomic E-state index is 13.4. The molecule has 8 nitrogen and oxygen atoms in total. The molecule has 146 valence electrons. The summed E-state index contributed by atoms with van der Waals surface area (Å²) < 4.78 is 41.9. The smallest absolute Gasteiger partial charge is 0.335 e. The van der Waals surface area contributed by atoms with E-state index in [4.69, 9.17) is 14.3 Å². The zero-order chi connectivity index (χ0) is 19.6. The van der Waals surface area contributed by atoms with E-state index in [1.165, 1.54) is 14.2 Å². The highest BCUT2D eigenvalue weighted by molar-refractivity contribution is 6.05. The summed E-state index contributed by atoms with van der Waals surface area (Å²) in [7, 11) is 2.50. The van der Waals surface area contributed by atoms with Crippen LogP contribution >= 0.6 is 0 Å². The van der Waals surface area contributed by atoms with Gasteiger partial charge in [-0.2, -0.15) is 0 Å². The molecule has 0 radical (unpaired) electrons. The Bertz CT molecular complexity index is 766. The molecule has 1 amide bonds. The lowest BCUT2D eigenvalue weighted by Gasteiger charge is -2.25. The van der Waals surface area contributed by atoms with Gasteiger partial charge in [-0.15, -0.1) is 0 Å². The van der Waals surface area contributed by atoms with E-state index in [1.54, 1.807) is 0 Å². The topological polar surface area (TPSA) is 95.5 Å². The van der Waals surface area contributed by atoms with Gasteiger partial charge in [0.25, 0.3) is 5.91 Å². The van der Waals surface area contributed by atoms with Crippen molar-refractivity contribution in [3.05, 3.63) is 35.4 Å². The van der Waals surface area contributed by atoms with E-state index in [9.17, 15) is 18.4 Å². The van der Waals surface area contributed by atoms with E-state index in [0.717, 1.165) is 18.2 Å². The van der Waals surface area contributed by atoms with Gasteiger partial charge in [0.15, 0.2) is 6.10 Å². The summed E-state index contributed by atoms with van der Waals surface area (Å²) in [6, 6.07) is 2.45. The number of halogens is 2. The van der Waals surface area contributed by atoms with Crippen LogP contribution in [-0.4, -0.2) is 56.3 Å². The molecule has 1 N–H and O–H groups in total. The number of hydrogen-bond acceptors (Lipinski definition) is 7. The minimum Gasteiger partial charge on any atom is -0.467 e. The minimum absolute atomic E-state index is 0.119. The van der Waals surface area contributed by atoms with Crippen LogP contribution in [0.2, 0.25) is 0 Å². The molecule has 0 spiro atoms. The van der Waals surface area contributed by atoms with E-state index < -0.39 is 41.4 Å². The minimum atomic E-state index is -1.78. The summed E-state index contributed by atoms with van der Waals surface area (Å²) in [6.45, 7) is 0.119. The second-order valence-corrected chi connectivity index (χ2v) is 6.17.